The lowest BCUT2D eigenvalue weighted by Gasteiger charge is -2.32. The third kappa shape index (κ3) is 3.57. The van der Waals surface area contributed by atoms with Crippen LogP contribution >= 0.6 is 0 Å². The minimum atomic E-state index is -0.601. The van der Waals surface area contributed by atoms with Gasteiger partial charge in [-0.2, -0.15) is 5.10 Å². The van der Waals surface area contributed by atoms with E-state index in [2.05, 4.69) is 15.5 Å². The monoisotopic (exact) mass is 371 g/mol. The maximum Gasteiger partial charge on any atom is 0.407 e. The molecule has 2 amide bonds. The number of ether oxygens (including phenoxy) is 1. The molecular formula is C18H21N5O4. The number of aromatic nitrogens is 3. The lowest BCUT2D eigenvalue weighted by molar-refractivity contribution is -0.134. The van der Waals surface area contributed by atoms with Crippen molar-refractivity contribution < 1.29 is 14.3 Å². The summed E-state index contributed by atoms with van der Waals surface area (Å²) in [6, 6.07) is 9.17. The van der Waals surface area contributed by atoms with E-state index in [1.54, 1.807) is 9.47 Å². The first kappa shape index (κ1) is 17.3. The maximum atomic E-state index is 12.5. The molecule has 0 saturated carbocycles. The van der Waals surface area contributed by atoms with Gasteiger partial charge in [0.2, 0.25) is 5.91 Å². The van der Waals surface area contributed by atoms with Crippen molar-refractivity contribution in [3.63, 3.8) is 0 Å². The number of carbonyl (C=O) groups is 2. The summed E-state index contributed by atoms with van der Waals surface area (Å²) >= 11 is 0. The van der Waals surface area contributed by atoms with E-state index in [1.807, 2.05) is 30.3 Å². The lowest BCUT2D eigenvalue weighted by atomic mass is 9.95. The third-order valence-corrected chi connectivity index (χ3v) is 5.11. The first-order chi connectivity index (χ1) is 13.1. The number of hydrogen-bond acceptors (Lipinski definition) is 5. The van der Waals surface area contributed by atoms with Crippen LogP contribution in [-0.4, -0.2) is 57.4 Å². The molecule has 0 spiro atoms. The van der Waals surface area contributed by atoms with E-state index in [-0.39, 0.29) is 24.1 Å². The molecule has 1 atom stereocenters. The predicted octanol–water partition coefficient (Wildman–Crippen LogP) is 0.434. The predicted molar refractivity (Wildman–Crippen MR) is 95.2 cm³/mol. The number of rotatable bonds is 4. The molecule has 2 saturated heterocycles. The van der Waals surface area contributed by atoms with Gasteiger partial charge >= 0.3 is 11.8 Å². The molecule has 2 N–H and O–H groups in total. The lowest BCUT2D eigenvalue weighted by Crippen LogP contribution is -2.48. The number of benzene rings is 1. The number of alkyl carbamates (subject to hydrolysis) is 1. The van der Waals surface area contributed by atoms with Crippen LogP contribution < -0.4 is 11.0 Å². The Bertz CT molecular complexity index is 883. The Hall–Kier alpha value is -3.10. The van der Waals surface area contributed by atoms with E-state index in [4.69, 9.17) is 4.74 Å². The number of aromatic amines is 1. The van der Waals surface area contributed by atoms with Gasteiger partial charge in [-0.1, -0.05) is 30.3 Å². The normalized spacial score (nSPS) is 20.4. The van der Waals surface area contributed by atoms with Crippen LogP contribution in [0, 0.1) is 0 Å². The Morgan fingerprint density at radius 2 is 1.93 bits per heavy atom. The van der Waals surface area contributed by atoms with Crippen LogP contribution in [0.5, 0.6) is 0 Å². The van der Waals surface area contributed by atoms with Crippen LogP contribution in [0.25, 0.3) is 0 Å². The zero-order chi connectivity index (χ0) is 18.8. The summed E-state index contributed by atoms with van der Waals surface area (Å²) in [6.07, 6.45) is 0.878. The number of H-pyrrole nitrogens is 1. The van der Waals surface area contributed by atoms with Crippen molar-refractivity contribution in [1.82, 2.24) is 25.0 Å². The number of amides is 2. The van der Waals surface area contributed by atoms with Gasteiger partial charge in [-0.15, -0.1) is 0 Å². The molecule has 1 aromatic heterocycles. The third-order valence-electron chi connectivity index (χ3n) is 5.11. The van der Waals surface area contributed by atoms with E-state index in [9.17, 15) is 14.4 Å². The highest BCUT2D eigenvalue weighted by Crippen LogP contribution is 2.26. The Morgan fingerprint density at radius 3 is 2.59 bits per heavy atom. The molecule has 9 heteroatoms. The van der Waals surface area contributed by atoms with Gasteiger partial charge in [0.15, 0.2) is 0 Å². The number of piperidine rings is 1. The minimum Gasteiger partial charge on any atom is -0.447 e. The van der Waals surface area contributed by atoms with E-state index in [0.29, 0.717) is 32.5 Å². The number of nitrogens with one attached hydrogen (secondary N) is 2. The van der Waals surface area contributed by atoms with E-state index < -0.39 is 12.1 Å². The second-order valence-electron chi connectivity index (χ2n) is 6.85. The fourth-order valence-electron chi connectivity index (χ4n) is 3.66. The Morgan fingerprint density at radius 1 is 1.19 bits per heavy atom. The van der Waals surface area contributed by atoms with Crippen LogP contribution in [0.3, 0.4) is 0 Å². The topological polar surface area (TPSA) is 109 Å². The second kappa shape index (κ2) is 7.26. The van der Waals surface area contributed by atoms with Crippen molar-refractivity contribution in [2.45, 2.75) is 31.3 Å². The van der Waals surface area contributed by atoms with Gasteiger partial charge < -0.3 is 15.0 Å². The highest BCUT2D eigenvalue weighted by Gasteiger charge is 2.35. The molecule has 9 nitrogen and oxygen atoms in total. The van der Waals surface area contributed by atoms with Gasteiger partial charge in [-0.3, -0.25) is 9.36 Å². The number of nitrogens with zero attached hydrogens (tertiary/aromatic N) is 3. The van der Waals surface area contributed by atoms with Gasteiger partial charge in [0.1, 0.15) is 18.5 Å². The quantitative estimate of drug-likeness (QED) is 0.810. The number of hydrogen-bond donors (Lipinski definition) is 2. The summed E-state index contributed by atoms with van der Waals surface area (Å²) in [6.45, 7) is 1.66. The van der Waals surface area contributed by atoms with E-state index in [1.165, 1.54) is 0 Å². The van der Waals surface area contributed by atoms with Crippen LogP contribution in [0.1, 0.15) is 30.1 Å². The fourth-order valence-corrected chi connectivity index (χ4v) is 3.66. The number of carbonyl (C=O) groups excluding carboxylic acids is 2. The van der Waals surface area contributed by atoms with Crippen LogP contribution in [0.4, 0.5) is 4.79 Å². The number of cyclic esters (lactones) is 1. The van der Waals surface area contributed by atoms with E-state index in [0.717, 1.165) is 11.4 Å². The van der Waals surface area contributed by atoms with Crippen LogP contribution in [0.2, 0.25) is 0 Å². The fraction of sp³-hybridized carbons (Fsp3) is 0.444. The van der Waals surface area contributed by atoms with Crippen LogP contribution in [-0.2, 0) is 16.1 Å². The summed E-state index contributed by atoms with van der Waals surface area (Å²) < 4.78 is 6.46. The summed E-state index contributed by atoms with van der Waals surface area (Å²) in [5.41, 5.74) is 0.810. The van der Waals surface area contributed by atoms with Gasteiger partial charge in [0, 0.05) is 19.0 Å². The molecule has 2 aliphatic rings. The molecule has 2 aromatic rings. The Labute approximate surface area is 155 Å². The molecule has 27 heavy (non-hydrogen) atoms. The van der Waals surface area contributed by atoms with Gasteiger partial charge in [-0.05, 0) is 18.4 Å². The second-order valence-corrected chi connectivity index (χ2v) is 6.85. The highest BCUT2D eigenvalue weighted by molar-refractivity contribution is 5.87. The highest BCUT2D eigenvalue weighted by atomic mass is 16.6. The molecule has 0 radical (unpaired) electrons. The van der Waals surface area contributed by atoms with Gasteiger partial charge in [0.05, 0.1) is 6.54 Å². The average molecular weight is 371 g/mol. The van der Waals surface area contributed by atoms with Crippen molar-refractivity contribution in [2.75, 3.05) is 19.7 Å². The summed E-state index contributed by atoms with van der Waals surface area (Å²) in [5, 5.41) is 9.31. The molecule has 3 heterocycles. The van der Waals surface area contributed by atoms with Crippen molar-refractivity contribution >= 4 is 12.0 Å². The van der Waals surface area contributed by atoms with Gasteiger partial charge in [0.25, 0.3) is 0 Å². The molecule has 0 unspecified atom stereocenters. The zero-order valence-corrected chi connectivity index (χ0v) is 14.8. The smallest absolute Gasteiger partial charge is 0.407 e. The molecule has 0 aliphatic carbocycles. The molecule has 2 aliphatic heterocycles. The molecule has 2 fully saturated rings. The zero-order valence-electron chi connectivity index (χ0n) is 14.8. The standard InChI is InChI=1S/C18H21N5O4/c24-16(14-11-27-18(26)19-14)22-8-6-13(7-9-22)15-20-21-17(25)23(15)10-12-4-2-1-3-5-12/h1-5,13-14H,6-11H2,(H,19,26)(H,21,25)/t14-/m1/s1. The summed E-state index contributed by atoms with van der Waals surface area (Å²) in [5.74, 6) is 0.711. The molecular weight excluding hydrogens is 350 g/mol. The largest absolute Gasteiger partial charge is 0.447 e. The molecule has 0 bridgehead atoms. The molecule has 1 aromatic carbocycles. The van der Waals surface area contributed by atoms with Gasteiger partial charge in [-0.25, -0.2) is 14.7 Å². The molecule has 4 rings (SSSR count). The first-order valence-corrected chi connectivity index (χ1v) is 9.03. The Kier molecular flexibility index (Phi) is 4.66. The van der Waals surface area contributed by atoms with Crippen molar-refractivity contribution in [3.8, 4) is 0 Å². The SMILES string of the molecule is O=C1N[C@@H](C(=O)N2CCC(c3n[nH]c(=O)n3Cc3ccccc3)CC2)CO1. The molecule has 142 valence electrons. The number of likely N-dealkylation sites (tertiary alicyclic amines) is 1. The van der Waals surface area contributed by atoms with Crippen molar-refractivity contribution in [1.29, 1.82) is 0 Å². The van der Waals surface area contributed by atoms with E-state index >= 15 is 0 Å². The average Bonchev–Trinajstić information content (AvgIpc) is 3.29. The summed E-state index contributed by atoms with van der Waals surface area (Å²) in [4.78, 5) is 37.5. The maximum absolute atomic E-state index is 12.5. The summed E-state index contributed by atoms with van der Waals surface area (Å²) in [7, 11) is 0. The Balaban J connectivity index is 1.42. The minimum absolute atomic E-state index is 0.0770. The van der Waals surface area contributed by atoms with Crippen molar-refractivity contribution in [2.24, 2.45) is 0 Å². The first-order valence-electron chi connectivity index (χ1n) is 9.03. The van der Waals surface area contributed by atoms with Crippen LogP contribution in [0.15, 0.2) is 35.1 Å². The van der Waals surface area contributed by atoms with Crippen molar-refractivity contribution in [3.05, 3.63) is 52.2 Å².